The van der Waals surface area contributed by atoms with Gasteiger partial charge in [0.25, 0.3) is 0 Å². The minimum atomic E-state index is -0.607. The molecule has 0 aromatic heterocycles. The number of nitrogens with zero attached hydrogens (tertiary/aromatic N) is 2. The lowest BCUT2D eigenvalue weighted by atomic mass is 9.59. The maximum atomic E-state index is 11.5. The van der Waals surface area contributed by atoms with Gasteiger partial charge in [0.1, 0.15) is 0 Å². The van der Waals surface area contributed by atoms with Crippen molar-refractivity contribution in [1.29, 1.82) is 0 Å². The number of allylic oxidation sites excluding steroid dienone is 2. The van der Waals surface area contributed by atoms with Crippen molar-refractivity contribution in [3.8, 4) is 0 Å². The summed E-state index contributed by atoms with van der Waals surface area (Å²) in [7, 11) is 0. The van der Waals surface area contributed by atoms with Crippen molar-refractivity contribution in [3.05, 3.63) is 47.5 Å². The monoisotopic (exact) mass is 354 g/mol. The Labute approximate surface area is 155 Å². The van der Waals surface area contributed by atoms with Gasteiger partial charge in [0.2, 0.25) is 5.96 Å². The van der Waals surface area contributed by atoms with Crippen LogP contribution in [0, 0.1) is 11.3 Å². The average Bonchev–Trinajstić information content (AvgIpc) is 2.86. The van der Waals surface area contributed by atoms with Crippen LogP contribution in [0.1, 0.15) is 57.4 Å². The third-order valence-corrected chi connectivity index (χ3v) is 6.52. The molecule has 0 saturated heterocycles. The van der Waals surface area contributed by atoms with Gasteiger partial charge < -0.3 is 16.6 Å². The molecule has 2 aliphatic rings. The molecule has 5 N–H and O–H groups in total. The molecule has 5 heteroatoms. The fraction of sp³-hybridized carbons (Fsp3) is 0.524. The summed E-state index contributed by atoms with van der Waals surface area (Å²) in [6, 6.07) is 10.6. The predicted molar refractivity (Wildman–Crippen MR) is 107 cm³/mol. The molecule has 4 atom stereocenters. The van der Waals surface area contributed by atoms with Crippen LogP contribution in [0.4, 0.5) is 0 Å². The fourth-order valence-electron chi connectivity index (χ4n) is 4.90. The molecule has 3 rings (SSSR count). The van der Waals surface area contributed by atoms with E-state index < -0.39 is 5.60 Å². The number of fused-ring (bicyclic) bond motifs is 1. The summed E-state index contributed by atoms with van der Waals surface area (Å²) in [5, 5.41) is 19.1. The second-order valence-corrected chi connectivity index (χ2v) is 8.12. The molecular weight excluding hydrogens is 324 g/mol. The van der Waals surface area contributed by atoms with Gasteiger partial charge in [-0.3, -0.25) is 0 Å². The van der Waals surface area contributed by atoms with Gasteiger partial charge in [-0.25, -0.2) is 0 Å². The Balaban J connectivity index is 1.76. The number of hydrogen-bond acceptors (Lipinski definition) is 3. The second kappa shape index (κ2) is 7.23. The molecule has 2 aliphatic carbocycles. The van der Waals surface area contributed by atoms with Crippen LogP contribution in [0.25, 0.3) is 0 Å². The van der Waals surface area contributed by atoms with E-state index in [4.69, 9.17) is 11.5 Å². The van der Waals surface area contributed by atoms with E-state index in [2.05, 4.69) is 47.5 Å². The van der Waals surface area contributed by atoms with Gasteiger partial charge in [-0.1, -0.05) is 43.3 Å². The molecule has 0 radical (unpaired) electrons. The van der Waals surface area contributed by atoms with Crippen molar-refractivity contribution < 1.29 is 5.11 Å². The van der Waals surface area contributed by atoms with Crippen LogP contribution in [0.15, 0.2) is 52.2 Å². The van der Waals surface area contributed by atoms with E-state index in [0.717, 1.165) is 37.7 Å². The van der Waals surface area contributed by atoms with Crippen LogP contribution < -0.4 is 11.5 Å². The van der Waals surface area contributed by atoms with Crippen LogP contribution in [0.5, 0.6) is 0 Å². The highest BCUT2D eigenvalue weighted by molar-refractivity contribution is 5.80. The molecule has 0 unspecified atom stereocenters. The first kappa shape index (κ1) is 18.6. The third-order valence-electron chi connectivity index (χ3n) is 6.52. The van der Waals surface area contributed by atoms with Gasteiger partial charge in [0, 0.05) is 5.41 Å². The van der Waals surface area contributed by atoms with E-state index >= 15 is 0 Å². The van der Waals surface area contributed by atoms with E-state index in [1.807, 2.05) is 13.0 Å². The van der Waals surface area contributed by atoms with Gasteiger partial charge in [-0.2, -0.15) is 5.10 Å². The molecular formula is C21H30N4O. The lowest BCUT2D eigenvalue weighted by Gasteiger charge is -2.49. The van der Waals surface area contributed by atoms with Gasteiger partial charge in [-0.05, 0) is 62.0 Å². The number of benzene rings is 1. The zero-order chi connectivity index (χ0) is 18.8. The SMILES string of the molecule is CC(=C[C@H]1CC[C@]2(O)C[C@@H](c3ccccc3)CC[C@]12C)/C=N/N=C(N)N. The Morgan fingerprint density at radius 1 is 1.19 bits per heavy atom. The Bertz CT molecular complexity index is 723. The molecule has 0 spiro atoms. The van der Waals surface area contributed by atoms with Gasteiger partial charge >= 0.3 is 0 Å². The van der Waals surface area contributed by atoms with Crippen molar-refractivity contribution in [2.24, 2.45) is 33.0 Å². The summed E-state index contributed by atoms with van der Waals surface area (Å²) in [4.78, 5) is 0. The number of hydrogen-bond donors (Lipinski definition) is 3. The quantitative estimate of drug-likeness (QED) is 0.439. The highest BCUT2D eigenvalue weighted by atomic mass is 16.3. The van der Waals surface area contributed by atoms with E-state index in [-0.39, 0.29) is 11.4 Å². The minimum absolute atomic E-state index is 0.0458. The Kier molecular flexibility index (Phi) is 5.19. The molecule has 0 amide bonds. The number of aliphatic hydroxyl groups is 1. The first-order chi connectivity index (χ1) is 12.3. The smallest absolute Gasteiger partial charge is 0.211 e. The van der Waals surface area contributed by atoms with Crippen LogP contribution in [0.2, 0.25) is 0 Å². The van der Waals surface area contributed by atoms with Crippen molar-refractivity contribution >= 4 is 12.2 Å². The third kappa shape index (κ3) is 3.54. The molecule has 2 saturated carbocycles. The molecule has 1 aromatic carbocycles. The molecule has 1 aromatic rings. The molecule has 0 aliphatic heterocycles. The number of nitrogens with two attached hydrogens (primary N) is 2. The summed E-state index contributed by atoms with van der Waals surface area (Å²) in [5.74, 6) is 0.742. The number of guanidine groups is 1. The van der Waals surface area contributed by atoms with E-state index in [1.165, 1.54) is 5.56 Å². The fourth-order valence-corrected chi connectivity index (χ4v) is 4.90. The van der Waals surface area contributed by atoms with E-state index in [0.29, 0.717) is 11.8 Å². The lowest BCUT2D eigenvalue weighted by molar-refractivity contribution is -0.0985. The molecule has 0 bridgehead atoms. The molecule has 140 valence electrons. The van der Waals surface area contributed by atoms with E-state index in [9.17, 15) is 5.11 Å². The highest BCUT2D eigenvalue weighted by Gasteiger charge is 2.58. The Morgan fingerprint density at radius 2 is 1.92 bits per heavy atom. The molecule has 5 nitrogen and oxygen atoms in total. The maximum Gasteiger partial charge on any atom is 0.211 e. The summed E-state index contributed by atoms with van der Waals surface area (Å²) < 4.78 is 0. The minimum Gasteiger partial charge on any atom is -0.389 e. The van der Waals surface area contributed by atoms with Crippen molar-refractivity contribution in [3.63, 3.8) is 0 Å². The Hall–Kier alpha value is -2.14. The number of rotatable bonds is 4. The molecule has 26 heavy (non-hydrogen) atoms. The summed E-state index contributed by atoms with van der Waals surface area (Å²) in [5.41, 5.74) is 12.3. The van der Waals surface area contributed by atoms with Gasteiger partial charge in [0.15, 0.2) is 0 Å². The highest BCUT2D eigenvalue weighted by Crippen LogP contribution is 2.61. The van der Waals surface area contributed by atoms with Crippen molar-refractivity contribution in [1.82, 2.24) is 0 Å². The zero-order valence-electron chi connectivity index (χ0n) is 15.7. The summed E-state index contributed by atoms with van der Waals surface area (Å²) >= 11 is 0. The molecule has 2 fully saturated rings. The second-order valence-electron chi connectivity index (χ2n) is 8.12. The molecule has 0 heterocycles. The first-order valence-corrected chi connectivity index (χ1v) is 9.42. The van der Waals surface area contributed by atoms with Crippen LogP contribution >= 0.6 is 0 Å². The normalized spacial score (nSPS) is 34.7. The zero-order valence-corrected chi connectivity index (χ0v) is 15.7. The van der Waals surface area contributed by atoms with E-state index in [1.54, 1.807) is 6.21 Å². The van der Waals surface area contributed by atoms with Gasteiger partial charge in [-0.15, -0.1) is 5.10 Å². The standard InChI is InChI=1S/C21H30N4O/c1-15(14-24-25-19(22)23)12-18-9-11-21(26)13-17(8-10-20(18,21)2)16-6-4-3-5-7-16/h3-7,12,14,17-18,26H,8-11,13H2,1-2H3,(H4,22,23,25)/b15-12?,24-14+/t17-,18+,20+,21-/m0/s1. The van der Waals surface area contributed by atoms with Crippen molar-refractivity contribution in [2.75, 3.05) is 0 Å². The topological polar surface area (TPSA) is 97.0 Å². The Morgan fingerprint density at radius 3 is 2.62 bits per heavy atom. The largest absolute Gasteiger partial charge is 0.389 e. The summed E-state index contributed by atoms with van der Waals surface area (Å²) in [6.07, 6.45) is 8.76. The van der Waals surface area contributed by atoms with Crippen LogP contribution in [-0.4, -0.2) is 22.9 Å². The van der Waals surface area contributed by atoms with Crippen LogP contribution in [0.3, 0.4) is 0 Å². The summed E-state index contributed by atoms with van der Waals surface area (Å²) in [6.45, 7) is 4.25. The van der Waals surface area contributed by atoms with Gasteiger partial charge in [0.05, 0.1) is 11.8 Å². The predicted octanol–water partition coefficient (Wildman–Crippen LogP) is 3.31. The maximum absolute atomic E-state index is 11.5. The van der Waals surface area contributed by atoms with Crippen molar-refractivity contribution in [2.45, 2.75) is 57.5 Å². The first-order valence-electron chi connectivity index (χ1n) is 9.42. The lowest BCUT2D eigenvalue weighted by Crippen LogP contribution is -2.49. The van der Waals surface area contributed by atoms with Crippen LogP contribution in [-0.2, 0) is 0 Å². The average molecular weight is 354 g/mol.